The first-order valence-electron chi connectivity index (χ1n) is 29.4. The zero-order valence-electron chi connectivity index (χ0n) is 51.2. The Balaban J connectivity index is 0.00000724. The summed E-state index contributed by atoms with van der Waals surface area (Å²) in [6.45, 7) is 6.50. The predicted molar refractivity (Wildman–Crippen MR) is 301 cm³/mol. The van der Waals surface area contributed by atoms with Crippen molar-refractivity contribution in [1.29, 1.82) is 0 Å². The summed E-state index contributed by atoms with van der Waals surface area (Å²) in [6.07, 6.45) is 6.94. The summed E-state index contributed by atoms with van der Waals surface area (Å²) in [6, 6.07) is 52.9. The molecule has 4 aromatic heterocycles. The molecule has 8 heteroatoms. The molecule has 368 valence electrons. The summed E-state index contributed by atoms with van der Waals surface area (Å²) < 4.78 is 102. The normalized spacial score (nSPS) is 13.4. The van der Waals surface area contributed by atoms with Gasteiger partial charge >= 0.3 is 0 Å². The van der Waals surface area contributed by atoms with Crippen LogP contribution < -0.4 is 9.30 Å². The van der Waals surface area contributed by atoms with Gasteiger partial charge in [-0.2, -0.15) is 18.2 Å². The molecule has 4 heterocycles. The van der Waals surface area contributed by atoms with E-state index in [2.05, 4.69) is 62.0 Å². The minimum atomic E-state index is -0.600. The minimum Gasteiger partial charge on any atom is -0.510 e. The van der Waals surface area contributed by atoms with E-state index >= 15 is 0 Å². The Morgan fingerprint density at radius 3 is 1.83 bits per heavy atom. The predicted octanol–water partition coefficient (Wildman–Crippen LogP) is 16.0. The molecule has 0 saturated carbocycles. The Labute approximate surface area is 470 Å². The number of imidazole rings is 1. The van der Waals surface area contributed by atoms with Gasteiger partial charge in [0, 0.05) is 61.0 Å². The maximum atomic E-state index is 9.33. The molecular formula is C68H48N6OPt-2. The van der Waals surface area contributed by atoms with Gasteiger partial charge in [-0.25, -0.2) is 15.0 Å². The number of pyridine rings is 1. The van der Waals surface area contributed by atoms with Crippen molar-refractivity contribution in [2.45, 2.75) is 26.2 Å². The van der Waals surface area contributed by atoms with Crippen molar-refractivity contribution in [2.24, 2.45) is 0 Å². The second-order valence-electron chi connectivity index (χ2n) is 18.9. The zero-order chi connectivity index (χ0) is 59.2. The number of ether oxygens (including phenoxy) is 1. The molecule has 0 aliphatic heterocycles. The van der Waals surface area contributed by atoms with Crippen LogP contribution in [0.5, 0.6) is 11.5 Å². The summed E-state index contributed by atoms with van der Waals surface area (Å²) in [7, 11) is 0. The summed E-state index contributed by atoms with van der Waals surface area (Å²) in [5.41, 5.74) is 8.02. The standard InChI is InChI=1S/C68H48N6O.Pt/c1-68(2,3)50-39-40-69-62(41-50)74-59-35-17-16-31-56(59)57-38-37-53(43-61(57)74)75-52-30-18-29-51(42-52)72-45-73(66-54(46-21-8-4-9-22-46)32-19-33-55(66)47-23-10-5-11-24-47)60-36-20-34-58(67(60)72)63-64(48-25-12-6-13-26-48)70-44-71-65(63)49-27-14-7-15-28-49;/h4-41,44H,1-3H3;/q-2;/i4D,5D,8D,9D,10D,11D,21D,22D,23D,24D;. The summed E-state index contributed by atoms with van der Waals surface area (Å²) in [5.74, 6) is 1.43. The number of rotatable bonds is 10. The fourth-order valence-electron chi connectivity index (χ4n) is 9.85. The fraction of sp³-hybridized carbons (Fsp3) is 0.0588. The van der Waals surface area contributed by atoms with Crippen LogP contribution in [0.3, 0.4) is 0 Å². The third-order valence-corrected chi connectivity index (χ3v) is 13.3. The number of aromatic nitrogens is 6. The van der Waals surface area contributed by atoms with Crippen molar-refractivity contribution in [3.8, 4) is 84.6 Å². The first-order chi connectivity index (χ1) is 41.0. The van der Waals surface area contributed by atoms with E-state index in [1.807, 2.05) is 128 Å². The Morgan fingerprint density at radius 2 is 1.16 bits per heavy atom. The van der Waals surface area contributed by atoms with Crippen molar-refractivity contribution in [2.75, 3.05) is 0 Å². The fourth-order valence-corrected chi connectivity index (χ4v) is 9.85. The first-order valence-corrected chi connectivity index (χ1v) is 24.4. The second kappa shape index (κ2) is 20.0. The molecule has 0 atom stereocenters. The van der Waals surface area contributed by atoms with Crippen LogP contribution in [0, 0.1) is 18.5 Å². The van der Waals surface area contributed by atoms with Crippen molar-refractivity contribution < 1.29 is 44.1 Å². The largest absolute Gasteiger partial charge is 0.510 e. The van der Waals surface area contributed by atoms with Crippen molar-refractivity contribution in [3.05, 3.63) is 261 Å². The molecule has 13 aromatic rings. The van der Waals surface area contributed by atoms with Gasteiger partial charge in [-0.1, -0.05) is 202 Å². The number of hydrogen-bond donors (Lipinski definition) is 0. The van der Waals surface area contributed by atoms with Gasteiger partial charge in [0.05, 0.1) is 41.8 Å². The van der Waals surface area contributed by atoms with E-state index in [1.165, 1.54) is 6.33 Å². The van der Waals surface area contributed by atoms with Gasteiger partial charge in [-0.15, -0.1) is 29.7 Å². The Bertz CT molecular complexity index is 4670. The van der Waals surface area contributed by atoms with E-state index in [4.69, 9.17) is 27.9 Å². The van der Waals surface area contributed by atoms with Crippen molar-refractivity contribution in [1.82, 2.24) is 24.1 Å². The Hall–Kier alpha value is -9.03. The average Bonchev–Trinajstić information content (AvgIpc) is 1.71. The molecule has 0 bridgehead atoms. The molecule has 0 amide bonds. The Morgan fingerprint density at radius 1 is 0.553 bits per heavy atom. The SMILES string of the molecule is [2H]c1c([2H])c([2H])c(-c2cccc(-c3c([2H])c([2H])c([2H])c([2H])c3[2H])c2-[n+]2[c-]n(-c3[c-]c(Oc4[c-]c5c(cc4)c4ccccc4n5-c4cc(C(C)(C)C)ccn4)ccc3)c3c(-c4c(-c5ccccc5)ncnc4-c4ccccc4)cccc32)c([2H])c1[2H].[Pt]. The van der Waals surface area contributed by atoms with E-state index in [9.17, 15) is 5.48 Å². The van der Waals surface area contributed by atoms with Crippen LogP contribution in [0.25, 0.3) is 106 Å². The first kappa shape index (κ1) is 37.7. The second-order valence-corrected chi connectivity index (χ2v) is 18.9. The number of benzene rings is 9. The van der Waals surface area contributed by atoms with Gasteiger partial charge in [-0.05, 0) is 68.1 Å². The van der Waals surface area contributed by atoms with Gasteiger partial charge in [0.25, 0.3) is 6.33 Å². The number of hydrogen-bond acceptors (Lipinski definition) is 4. The quantitative estimate of drug-likeness (QED) is 0.101. The molecule has 76 heavy (non-hydrogen) atoms. The van der Waals surface area contributed by atoms with Crippen LogP contribution in [0.4, 0.5) is 0 Å². The molecule has 0 aliphatic rings. The maximum Gasteiger partial charge on any atom is 0.268 e. The van der Waals surface area contributed by atoms with Crippen molar-refractivity contribution in [3.63, 3.8) is 0 Å². The van der Waals surface area contributed by atoms with E-state index in [-0.39, 0.29) is 54.4 Å². The summed E-state index contributed by atoms with van der Waals surface area (Å²) >= 11 is 0. The van der Waals surface area contributed by atoms with Gasteiger partial charge in [0.2, 0.25) is 0 Å². The number of nitrogens with zero attached hydrogens (tertiary/aromatic N) is 6. The third-order valence-electron chi connectivity index (χ3n) is 13.3. The van der Waals surface area contributed by atoms with Gasteiger partial charge < -0.3 is 13.9 Å². The smallest absolute Gasteiger partial charge is 0.268 e. The topological polar surface area (TPSA) is 61.6 Å². The molecule has 13 rings (SSSR count). The molecule has 0 N–H and O–H groups in total. The van der Waals surface area contributed by atoms with Gasteiger partial charge in [0.1, 0.15) is 12.1 Å². The van der Waals surface area contributed by atoms with Crippen molar-refractivity contribution >= 4 is 32.8 Å². The van der Waals surface area contributed by atoms with Gasteiger partial charge in [-0.3, -0.25) is 4.57 Å². The van der Waals surface area contributed by atoms with Crippen LogP contribution in [-0.2, 0) is 26.5 Å². The van der Waals surface area contributed by atoms with E-state index in [1.54, 1.807) is 33.4 Å². The number of fused-ring (bicyclic) bond motifs is 4. The van der Waals surface area contributed by atoms with Crippen LogP contribution in [0.15, 0.2) is 237 Å². The minimum absolute atomic E-state index is 0. The molecule has 0 radical (unpaired) electrons. The molecular weight excluding hydrogens is 1110 g/mol. The molecule has 0 unspecified atom stereocenters. The third kappa shape index (κ3) is 8.68. The maximum absolute atomic E-state index is 9.33. The van der Waals surface area contributed by atoms with E-state index < -0.39 is 60.4 Å². The number of para-hydroxylation sites is 3. The summed E-state index contributed by atoms with van der Waals surface area (Å²) in [5, 5.41) is 1.98. The average molecular weight is 1170 g/mol. The van der Waals surface area contributed by atoms with E-state index in [0.717, 1.165) is 44.3 Å². The Kier molecular flexibility index (Phi) is 9.91. The van der Waals surface area contributed by atoms with Crippen LogP contribution in [0.1, 0.15) is 40.0 Å². The van der Waals surface area contributed by atoms with E-state index in [0.29, 0.717) is 50.7 Å². The zero-order valence-corrected chi connectivity index (χ0v) is 43.4. The monoisotopic (exact) mass is 1170 g/mol. The summed E-state index contributed by atoms with van der Waals surface area (Å²) in [4.78, 5) is 14.8. The molecule has 0 spiro atoms. The molecule has 7 nitrogen and oxygen atoms in total. The van der Waals surface area contributed by atoms with Gasteiger partial charge in [0.15, 0.2) is 0 Å². The van der Waals surface area contributed by atoms with Crippen LogP contribution >= 0.6 is 0 Å². The molecule has 9 aromatic carbocycles. The molecule has 0 fully saturated rings. The molecule has 0 aliphatic carbocycles. The molecule has 0 saturated heterocycles. The van der Waals surface area contributed by atoms with Crippen LogP contribution in [-0.4, -0.2) is 24.1 Å². The van der Waals surface area contributed by atoms with Crippen LogP contribution in [0.2, 0.25) is 0 Å².